The number of hydrogen-bond donors (Lipinski definition) is 2. The molecule has 0 fully saturated rings. The largest absolute Gasteiger partial charge is 0.338 e. The highest BCUT2D eigenvalue weighted by molar-refractivity contribution is 5.89. The van der Waals surface area contributed by atoms with Crippen LogP contribution in [0.3, 0.4) is 0 Å². The summed E-state index contributed by atoms with van der Waals surface area (Å²) in [6.45, 7) is 3.43. The molecule has 124 valence electrons. The first-order chi connectivity index (χ1) is 11.6. The minimum atomic E-state index is -0.238. The molecule has 2 aromatic carbocycles. The van der Waals surface area contributed by atoms with E-state index in [1.165, 1.54) is 5.56 Å². The van der Waals surface area contributed by atoms with Gasteiger partial charge in [0.1, 0.15) is 0 Å². The number of benzene rings is 2. The molecule has 0 atom stereocenters. The van der Waals surface area contributed by atoms with Crippen molar-refractivity contribution in [2.24, 2.45) is 0 Å². The highest BCUT2D eigenvalue weighted by atomic mass is 16.2. The molecule has 1 aliphatic heterocycles. The van der Waals surface area contributed by atoms with Crippen molar-refractivity contribution < 1.29 is 9.59 Å². The maximum Gasteiger partial charge on any atom is 0.319 e. The summed E-state index contributed by atoms with van der Waals surface area (Å²) in [6.07, 6.45) is 0.857. The molecule has 0 saturated carbocycles. The molecule has 0 saturated heterocycles. The summed E-state index contributed by atoms with van der Waals surface area (Å²) < 4.78 is 0. The second-order valence-corrected chi connectivity index (χ2v) is 5.97. The number of amides is 3. The maximum atomic E-state index is 12.0. The standard InChI is InChI=1S/C19H21N3O2/c1-14(23)22-10-9-16-7-8-18(11-17(16)13-22)21-19(24)20-12-15-5-3-2-4-6-15/h2-8,11H,9-10,12-13H2,1H3,(H2,20,21,24). The van der Waals surface area contributed by atoms with Gasteiger partial charge in [-0.1, -0.05) is 36.4 Å². The summed E-state index contributed by atoms with van der Waals surface area (Å²) in [6, 6.07) is 15.4. The van der Waals surface area contributed by atoms with E-state index in [9.17, 15) is 9.59 Å². The predicted octanol–water partition coefficient (Wildman–Crippen LogP) is 2.91. The summed E-state index contributed by atoms with van der Waals surface area (Å²) in [7, 11) is 0. The molecule has 1 heterocycles. The third-order valence-electron chi connectivity index (χ3n) is 4.22. The molecule has 1 aliphatic rings. The number of carbonyl (C=O) groups excluding carboxylic acids is 2. The van der Waals surface area contributed by atoms with E-state index in [1.807, 2.05) is 53.4 Å². The Bertz CT molecular complexity index is 744. The van der Waals surface area contributed by atoms with Crippen molar-refractivity contribution >= 4 is 17.6 Å². The number of urea groups is 1. The number of nitrogens with one attached hydrogen (secondary N) is 2. The average molecular weight is 323 g/mol. The lowest BCUT2D eigenvalue weighted by Gasteiger charge is -2.28. The van der Waals surface area contributed by atoms with Gasteiger partial charge < -0.3 is 15.5 Å². The smallest absolute Gasteiger partial charge is 0.319 e. The fourth-order valence-electron chi connectivity index (χ4n) is 2.86. The lowest BCUT2D eigenvalue weighted by Crippen LogP contribution is -2.34. The first kappa shape index (κ1) is 16.1. The number of carbonyl (C=O) groups is 2. The van der Waals surface area contributed by atoms with Crippen molar-refractivity contribution in [1.29, 1.82) is 0 Å². The lowest BCUT2D eigenvalue weighted by atomic mass is 9.99. The summed E-state index contributed by atoms with van der Waals surface area (Å²) in [5.41, 5.74) is 4.12. The molecule has 3 amide bonds. The van der Waals surface area contributed by atoms with Crippen molar-refractivity contribution in [1.82, 2.24) is 10.2 Å². The number of nitrogens with zero attached hydrogens (tertiary/aromatic N) is 1. The Hall–Kier alpha value is -2.82. The van der Waals surface area contributed by atoms with Crippen LogP contribution < -0.4 is 10.6 Å². The Labute approximate surface area is 141 Å². The van der Waals surface area contributed by atoms with E-state index < -0.39 is 0 Å². The molecular weight excluding hydrogens is 302 g/mol. The van der Waals surface area contributed by atoms with E-state index in [0.717, 1.165) is 29.8 Å². The van der Waals surface area contributed by atoms with Gasteiger partial charge in [-0.25, -0.2) is 4.79 Å². The average Bonchev–Trinajstić information content (AvgIpc) is 2.60. The molecule has 24 heavy (non-hydrogen) atoms. The van der Waals surface area contributed by atoms with Gasteiger partial charge in [0.2, 0.25) is 5.91 Å². The van der Waals surface area contributed by atoms with Crippen molar-refractivity contribution in [2.45, 2.75) is 26.4 Å². The second kappa shape index (κ2) is 7.17. The molecule has 0 radical (unpaired) electrons. The normalized spacial score (nSPS) is 13.1. The van der Waals surface area contributed by atoms with Crippen LogP contribution in [0.15, 0.2) is 48.5 Å². The molecule has 0 spiro atoms. The van der Waals surface area contributed by atoms with Crippen molar-refractivity contribution in [3.05, 3.63) is 65.2 Å². The van der Waals surface area contributed by atoms with Crippen molar-refractivity contribution in [3.8, 4) is 0 Å². The number of fused-ring (bicyclic) bond motifs is 1. The van der Waals surface area contributed by atoms with E-state index in [4.69, 9.17) is 0 Å². The van der Waals surface area contributed by atoms with Gasteiger partial charge in [-0.2, -0.15) is 0 Å². The number of anilines is 1. The zero-order chi connectivity index (χ0) is 16.9. The molecule has 0 unspecified atom stereocenters. The highest BCUT2D eigenvalue weighted by Gasteiger charge is 2.18. The van der Waals surface area contributed by atoms with E-state index in [2.05, 4.69) is 10.6 Å². The second-order valence-electron chi connectivity index (χ2n) is 5.97. The molecule has 0 bridgehead atoms. The third kappa shape index (κ3) is 3.93. The molecule has 2 N–H and O–H groups in total. The fourth-order valence-corrected chi connectivity index (χ4v) is 2.86. The van der Waals surface area contributed by atoms with Crippen molar-refractivity contribution in [2.75, 3.05) is 11.9 Å². The Kier molecular flexibility index (Phi) is 4.79. The minimum Gasteiger partial charge on any atom is -0.338 e. The van der Waals surface area contributed by atoms with Gasteiger partial charge in [-0.15, -0.1) is 0 Å². The lowest BCUT2D eigenvalue weighted by molar-refractivity contribution is -0.129. The van der Waals surface area contributed by atoms with E-state index in [-0.39, 0.29) is 11.9 Å². The quantitative estimate of drug-likeness (QED) is 0.912. The summed E-state index contributed by atoms with van der Waals surface area (Å²) in [4.78, 5) is 25.4. The van der Waals surface area contributed by atoms with Crippen LogP contribution in [0.25, 0.3) is 0 Å². The van der Waals surface area contributed by atoms with Crippen LogP contribution in [-0.4, -0.2) is 23.4 Å². The van der Waals surface area contributed by atoms with E-state index in [1.54, 1.807) is 6.92 Å². The first-order valence-electron chi connectivity index (χ1n) is 8.08. The molecule has 5 nitrogen and oxygen atoms in total. The monoisotopic (exact) mass is 323 g/mol. The van der Waals surface area contributed by atoms with Gasteiger partial charge in [0.05, 0.1) is 0 Å². The fraction of sp³-hybridized carbons (Fsp3) is 0.263. The number of rotatable bonds is 3. The highest BCUT2D eigenvalue weighted by Crippen LogP contribution is 2.22. The van der Waals surface area contributed by atoms with E-state index in [0.29, 0.717) is 13.1 Å². The van der Waals surface area contributed by atoms with E-state index >= 15 is 0 Å². The Morgan fingerprint density at radius 2 is 1.88 bits per heavy atom. The molecular formula is C19H21N3O2. The SMILES string of the molecule is CC(=O)N1CCc2ccc(NC(=O)NCc3ccccc3)cc2C1. The Balaban J connectivity index is 1.60. The predicted molar refractivity (Wildman–Crippen MR) is 93.5 cm³/mol. The van der Waals surface area contributed by atoms with Gasteiger partial charge >= 0.3 is 6.03 Å². The van der Waals surface area contributed by atoms with Gasteiger partial charge in [-0.05, 0) is 35.2 Å². The van der Waals surface area contributed by atoms with Crippen LogP contribution in [0.5, 0.6) is 0 Å². The number of hydrogen-bond acceptors (Lipinski definition) is 2. The van der Waals surface area contributed by atoms with Crippen LogP contribution in [-0.2, 0) is 24.3 Å². The topological polar surface area (TPSA) is 61.4 Å². The Morgan fingerprint density at radius 3 is 2.62 bits per heavy atom. The summed E-state index contributed by atoms with van der Waals surface area (Å²) >= 11 is 0. The zero-order valence-electron chi connectivity index (χ0n) is 13.7. The first-order valence-corrected chi connectivity index (χ1v) is 8.08. The Morgan fingerprint density at radius 1 is 1.08 bits per heavy atom. The molecule has 2 aromatic rings. The van der Waals surface area contributed by atoms with Gasteiger partial charge in [-0.3, -0.25) is 4.79 Å². The van der Waals surface area contributed by atoms with Gasteiger partial charge in [0, 0.05) is 32.2 Å². The summed E-state index contributed by atoms with van der Waals surface area (Å²) in [5, 5.41) is 5.69. The van der Waals surface area contributed by atoms with Crippen LogP contribution in [0.2, 0.25) is 0 Å². The third-order valence-corrected chi connectivity index (χ3v) is 4.22. The minimum absolute atomic E-state index is 0.0830. The zero-order valence-corrected chi connectivity index (χ0v) is 13.7. The van der Waals surface area contributed by atoms with Gasteiger partial charge in [0.15, 0.2) is 0 Å². The van der Waals surface area contributed by atoms with Crippen LogP contribution in [0, 0.1) is 0 Å². The molecule has 3 rings (SSSR count). The molecule has 0 aliphatic carbocycles. The van der Waals surface area contributed by atoms with Crippen LogP contribution in [0.1, 0.15) is 23.6 Å². The van der Waals surface area contributed by atoms with Crippen molar-refractivity contribution in [3.63, 3.8) is 0 Å². The van der Waals surface area contributed by atoms with Crippen LogP contribution >= 0.6 is 0 Å². The maximum absolute atomic E-state index is 12.0. The summed E-state index contributed by atoms with van der Waals surface area (Å²) in [5.74, 6) is 0.0830. The van der Waals surface area contributed by atoms with Crippen LogP contribution in [0.4, 0.5) is 10.5 Å². The van der Waals surface area contributed by atoms with Gasteiger partial charge in [0.25, 0.3) is 0 Å². The molecule has 0 aromatic heterocycles. The molecule has 5 heteroatoms.